The van der Waals surface area contributed by atoms with E-state index in [9.17, 15) is 4.79 Å². The maximum Gasteiger partial charge on any atom is 0.231 e. The van der Waals surface area contributed by atoms with Gasteiger partial charge in [0.15, 0.2) is 0 Å². The van der Waals surface area contributed by atoms with Gasteiger partial charge in [0, 0.05) is 24.3 Å². The largest absolute Gasteiger partial charge is 0.341 e. The van der Waals surface area contributed by atoms with E-state index in [1.54, 1.807) is 6.20 Å². The summed E-state index contributed by atoms with van der Waals surface area (Å²) in [4.78, 5) is 17.9. The molecule has 4 nitrogen and oxygen atoms in total. The van der Waals surface area contributed by atoms with Crippen LogP contribution in [0.1, 0.15) is 17.4 Å². The molecule has 0 spiro atoms. The lowest BCUT2D eigenvalue weighted by atomic mass is 10.1. The highest BCUT2D eigenvalue weighted by Gasteiger charge is 2.20. The molecule has 1 atom stereocenters. The first-order chi connectivity index (χ1) is 11.7. The van der Waals surface area contributed by atoms with Gasteiger partial charge in [0.1, 0.15) is 11.9 Å². The minimum Gasteiger partial charge on any atom is -0.341 e. The number of nitrogens with one attached hydrogen (secondary N) is 1. The number of benzene rings is 2. The van der Waals surface area contributed by atoms with E-state index in [0.717, 1.165) is 16.3 Å². The second-order valence-electron chi connectivity index (χ2n) is 5.41. The molecule has 3 aromatic rings. The maximum atomic E-state index is 12.4. The molecular formula is C19H19N3OS. The fraction of sp³-hybridized carbons (Fsp3) is 0.158. The number of hydrogen-bond donors (Lipinski definition) is 1. The van der Waals surface area contributed by atoms with E-state index < -0.39 is 0 Å². The zero-order valence-electron chi connectivity index (χ0n) is 13.4. The summed E-state index contributed by atoms with van der Waals surface area (Å²) >= 11 is 1.53. The number of aryl methyl sites for hydroxylation is 1. The number of aromatic nitrogens is 2. The van der Waals surface area contributed by atoms with Gasteiger partial charge in [-0.25, -0.2) is 4.98 Å². The van der Waals surface area contributed by atoms with Gasteiger partial charge in [-0.3, -0.25) is 4.79 Å². The van der Waals surface area contributed by atoms with E-state index >= 15 is 0 Å². The summed E-state index contributed by atoms with van der Waals surface area (Å²) in [7, 11) is 1.93. The molecule has 0 unspecified atom stereocenters. The van der Waals surface area contributed by atoms with Crippen molar-refractivity contribution in [2.45, 2.75) is 10.9 Å². The number of carbonyl (C=O) groups excluding carboxylic acids is 1. The van der Waals surface area contributed by atoms with Crippen LogP contribution in [0.25, 0.3) is 0 Å². The number of hydrogen-bond acceptors (Lipinski definition) is 3. The molecule has 0 aliphatic heterocycles. The van der Waals surface area contributed by atoms with Crippen LogP contribution in [0.5, 0.6) is 0 Å². The number of thioether (sulfide) groups is 1. The molecule has 2 aromatic carbocycles. The normalized spacial score (nSPS) is 11.9. The third kappa shape index (κ3) is 4.06. The molecule has 0 saturated carbocycles. The highest BCUT2D eigenvalue weighted by atomic mass is 32.2. The predicted octanol–water partition coefficient (Wildman–Crippen LogP) is 3.42. The first-order valence-corrected chi connectivity index (χ1v) is 8.72. The number of imidazole rings is 1. The minimum absolute atomic E-state index is 0.0132. The average molecular weight is 337 g/mol. The van der Waals surface area contributed by atoms with Crippen molar-refractivity contribution >= 4 is 17.7 Å². The van der Waals surface area contributed by atoms with Crippen LogP contribution in [0, 0.1) is 0 Å². The smallest absolute Gasteiger partial charge is 0.231 e. The van der Waals surface area contributed by atoms with Gasteiger partial charge in [-0.05, 0) is 17.7 Å². The minimum atomic E-state index is -0.255. The third-order valence-corrected chi connectivity index (χ3v) is 4.68. The van der Waals surface area contributed by atoms with Crippen molar-refractivity contribution in [3.8, 4) is 0 Å². The third-order valence-electron chi connectivity index (χ3n) is 3.67. The molecule has 0 aliphatic rings. The van der Waals surface area contributed by atoms with Crippen molar-refractivity contribution in [2.75, 3.05) is 5.75 Å². The Labute approximate surface area is 145 Å². The molecule has 5 heteroatoms. The summed E-state index contributed by atoms with van der Waals surface area (Å²) in [6.07, 6.45) is 3.63. The molecular weight excluding hydrogens is 318 g/mol. The van der Waals surface area contributed by atoms with Crippen LogP contribution in [0.2, 0.25) is 0 Å². The highest BCUT2D eigenvalue weighted by Crippen LogP contribution is 2.21. The summed E-state index contributed by atoms with van der Waals surface area (Å²) in [6.45, 7) is 0. The van der Waals surface area contributed by atoms with E-state index in [1.165, 1.54) is 11.8 Å². The van der Waals surface area contributed by atoms with Crippen molar-refractivity contribution in [3.63, 3.8) is 0 Å². The molecule has 3 rings (SSSR count). The Hall–Kier alpha value is -2.53. The topological polar surface area (TPSA) is 46.9 Å². The Morgan fingerprint density at radius 3 is 2.42 bits per heavy atom. The molecule has 1 amide bonds. The molecule has 1 N–H and O–H groups in total. The van der Waals surface area contributed by atoms with Crippen molar-refractivity contribution in [1.29, 1.82) is 0 Å². The molecule has 0 aliphatic carbocycles. The summed E-state index contributed by atoms with van der Waals surface area (Å²) in [5, 5.41) is 3.10. The van der Waals surface area contributed by atoms with Crippen molar-refractivity contribution in [3.05, 3.63) is 84.4 Å². The number of nitrogens with zero attached hydrogens (tertiary/aromatic N) is 2. The summed E-state index contributed by atoms with van der Waals surface area (Å²) in [5.41, 5.74) is 1.02. The van der Waals surface area contributed by atoms with Gasteiger partial charge in [0.25, 0.3) is 0 Å². The molecule has 1 aromatic heterocycles. The van der Waals surface area contributed by atoms with E-state index in [-0.39, 0.29) is 11.9 Å². The molecule has 0 bridgehead atoms. The van der Waals surface area contributed by atoms with Gasteiger partial charge in [-0.1, -0.05) is 48.5 Å². The van der Waals surface area contributed by atoms with Crippen LogP contribution in [-0.4, -0.2) is 21.2 Å². The van der Waals surface area contributed by atoms with Crippen molar-refractivity contribution in [1.82, 2.24) is 14.9 Å². The van der Waals surface area contributed by atoms with Crippen molar-refractivity contribution < 1.29 is 4.79 Å². The Morgan fingerprint density at radius 1 is 1.12 bits per heavy atom. The molecule has 1 heterocycles. The first-order valence-electron chi connectivity index (χ1n) is 7.73. The molecule has 0 saturated heterocycles. The Morgan fingerprint density at radius 2 is 1.79 bits per heavy atom. The first kappa shape index (κ1) is 16.3. The lowest BCUT2D eigenvalue weighted by Gasteiger charge is -2.19. The molecule has 24 heavy (non-hydrogen) atoms. The summed E-state index contributed by atoms with van der Waals surface area (Å²) in [6, 6.07) is 19.6. The van der Waals surface area contributed by atoms with E-state index in [0.29, 0.717) is 5.75 Å². The summed E-state index contributed by atoms with van der Waals surface area (Å²) < 4.78 is 1.93. The summed E-state index contributed by atoms with van der Waals surface area (Å²) in [5.74, 6) is 1.18. The Kier molecular flexibility index (Phi) is 5.33. The molecule has 0 radical (unpaired) electrons. The lowest BCUT2D eigenvalue weighted by molar-refractivity contribution is -0.119. The predicted molar refractivity (Wildman–Crippen MR) is 96.8 cm³/mol. The lowest BCUT2D eigenvalue weighted by Crippen LogP contribution is -2.32. The van der Waals surface area contributed by atoms with E-state index in [4.69, 9.17) is 0 Å². The van der Waals surface area contributed by atoms with Crippen LogP contribution in [-0.2, 0) is 11.8 Å². The van der Waals surface area contributed by atoms with Gasteiger partial charge in [-0.2, -0.15) is 0 Å². The highest BCUT2D eigenvalue weighted by molar-refractivity contribution is 8.00. The van der Waals surface area contributed by atoms with Gasteiger partial charge < -0.3 is 9.88 Å². The van der Waals surface area contributed by atoms with Crippen LogP contribution in [0.3, 0.4) is 0 Å². The Bertz CT molecular complexity index is 787. The molecule has 122 valence electrons. The van der Waals surface area contributed by atoms with Crippen LogP contribution >= 0.6 is 11.8 Å². The maximum absolute atomic E-state index is 12.4. The fourth-order valence-electron chi connectivity index (χ4n) is 2.47. The van der Waals surface area contributed by atoms with Gasteiger partial charge in [-0.15, -0.1) is 11.8 Å². The fourth-order valence-corrected chi connectivity index (χ4v) is 3.20. The zero-order valence-corrected chi connectivity index (χ0v) is 14.2. The molecule has 0 fully saturated rings. The van der Waals surface area contributed by atoms with Gasteiger partial charge in [0.05, 0.1) is 5.75 Å². The average Bonchev–Trinajstić information content (AvgIpc) is 3.05. The van der Waals surface area contributed by atoms with E-state index in [2.05, 4.69) is 10.3 Å². The van der Waals surface area contributed by atoms with Gasteiger partial charge in [0.2, 0.25) is 5.91 Å². The second-order valence-corrected chi connectivity index (χ2v) is 6.46. The van der Waals surface area contributed by atoms with E-state index in [1.807, 2.05) is 78.5 Å². The number of amides is 1. The number of rotatable bonds is 6. The van der Waals surface area contributed by atoms with Crippen LogP contribution in [0.15, 0.2) is 78.0 Å². The second kappa shape index (κ2) is 7.84. The van der Waals surface area contributed by atoms with Gasteiger partial charge >= 0.3 is 0 Å². The monoisotopic (exact) mass is 337 g/mol. The zero-order chi connectivity index (χ0) is 16.8. The quantitative estimate of drug-likeness (QED) is 0.701. The number of carbonyl (C=O) groups is 1. The Balaban J connectivity index is 1.72. The SMILES string of the molecule is Cn1ccnc1[C@H](NC(=O)CSc1ccccc1)c1ccccc1. The van der Waals surface area contributed by atoms with Crippen molar-refractivity contribution in [2.24, 2.45) is 7.05 Å². The van der Waals surface area contributed by atoms with Crippen LogP contribution in [0.4, 0.5) is 0 Å². The standard InChI is InChI=1S/C19H19N3OS/c1-22-13-12-20-19(22)18(15-8-4-2-5-9-15)21-17(23)14-24-16-10-6-3-7-11-16/h2-13,18H,14H2,1H3,(H,21,23)/t18-/m1/s1. The van der Waals surface area contributed by atoms with Crippen LogP contribution < -0.4 is 5.32 Å².